The first-order valence-corrected chi connectivity index (χ1v) is 5.36. The third kappa shape index (κ3) is 1.72. The average Bonchev–Trinajstić information content (AvgIpc) is 2.28. The minimum Gasteiger partial charge on any atom is -0.158 e. The largest absolute Gasteiger partial charge is 0.158 e. The lowest BCUT2D eigenvalue weighted by Crippen LogP contribution is -2.18. The van der Waals surface area contributed by atoms with Gasteiger partial charge in [0.2, 0.25) is 0 Å². The summed E-state index contributed by atoms with van der Waals surface area (Å²) in [6.07, 6.45) is 2.89. The van der Waals surface area contributed by atoms with Gasteiger partial charge in [0.1, 0.15) is 0 Å². The summed E-state index contributed by atoms with van der Waals surface area (Å²) >= 11 is 0. The van der Waals surface area contributed by atoms with E-state index < -0.39 is 0 Å². The van der Waals surface area contributed by atoms with Gasteiger partial charge in [-0.25, -0.2) is 0 Å². The molecule has 2 nitrogen and oxygen atoms in total. The maximum absolute atomic E-state index is 4.30. The number of rotatable bonds is 2. The zero-order chi connectivity index (χ0) is 10.9. The van der Waals surface area contributed by atoms with Crippen LogP contribution in [0.3, 0.4) is 0 Å². The van der Waals surface area contributed by atoms with Gasteiger partial charge in [-0.2, -0.15) is 10.2 Å². The van der Waals surface area contributed by atoms with E-state index in [1.165, 1.54) is 10.8 Å². The molecule has 0 unspecified atom stereocenters. The lowest BCUT2D eigenvalue weighted by Gasteiger charge is -2.22. The molecule has 2 heteroatoms. The molecule has 15 heavy (non-hydrogen) atoms. The third-order valence-corrected chi connectivity index (χ3v) is 3.10. The van der Waals surface area contributed by atoms with E-state index >= 15 is 0 Å². The van der Waals surface area contributed by atoms with E-state index in [1.54, 1.807) is 0 Å². The van der Waals surface area contributed by atoms with Crippen LogP contribution in [0.15, 0.2) is 30.5 Å². The van der Waals surface area contributed by atoms with Crippen molar-refractivity contribution in [2.24, 2.45) is 0 Å². The summed E-state index contributed by atoms with van der Waals surface area (Å²) in [5.74, 6) is 0. The molecule has 0 bridgehead atoms. The fourth-order valence-corrected chi connectivity index (χ4v) is 1.70. The van der Waals surface area contributed by atoms with Crippen molar-refractivity contribution in [3.05, 3.63) is 36.2 Å². The number of aromatic nitrogens is 2. The van der Waals surface area contributed by atoms with Gasteiger partial charge in [-0.05, 0) is 6.42 Å². The first-order chi connectivity index (χ1) is 7.15. The summed E-state index contributed by atoms with van der Waals surface area (Å²) in [4.78, 5) is 0. The Bertz CT molecular complexity index is 469. The summed E-state index contributed by atoms with van der Waals surface area (Å²) in [5.41, 5.74) is 1.19. The predicted octanol–water partition coefficient (Wildman–Crippen LogP) is 3.32. The summed E-state index contributed by atoms with van der Waals surface area (Å²) < 4.78 is 0. The van der Waals surface area contributed by atoms with Gasteiger partial charge >= 0.3 is 0 Å². The Kier molecular flexibility index (Phi) is 2.43. The maximum Gasteiger partial charge on any atom is 0.0765 e. The second-order valence-electron chi connectivity index (χ2n) is 4.52. The molecule has 1 aromatic heterocycles. The monoisotopic (exact) mass is 200 g/mol. The molecular weight excluding hydrogens is 184 g/mol. The number of benzene rings is 1. The van der Waals surface area contributed by atoms with Crippen molar-refractivity contribution in [2.75, 3.05) is 0 Å². The molecular formula is C13H16N2. The van der Waals surface area contributed by atoms with Crippen molar-refractivity contribution in [3.63, 3.8) is 0 Å². The van der Waals surface area contributed by atoms with Crippen LogP contribution >= 0.6 is 0 Å². The molecule has 78 valence electrons. The van der Waals surface area contributed by atoms with Crippen molar-refractivity contribution in [1.82, 2.24) is 10.2 Å². The third-order valence-electron chi connectivity index (χ3n) is 3.10. The topological polar surface area (TPSA) is 25.8 Å². The fraction of sp³-hybridized carbons (Fsp3) is 0.385. The first kappa shape index (κ1) is 10.1. The van der Waals surface area contributed by atoms with E-state index in [9.17, 15) is 0 Å². The van der Waals surface area contributed by atoms with Crippen molar-refractivity contribution in [3.8, 4) is 0 Å². The lowest BCUT2D eigenvalue weighted by atomic mass is 9.84. The zero-order valence-corrected chi connectivity index (χ0v) is 9.49. The molecule has 0 radical (unpaired) electrons. The molecule has 0 aliphatic carbocycles. The Balaban J connectivity index is 2.71. The highest BCUT2D eigenvalue weighted by Gasteiger charge is 2.22. The molecule has 2 rings (SSSR count). The second kappa shape index (κ2) is 3.61. The Morgan fingerprint density at radius 2 is 1.93 bits per heavy atom. The van der Waals surface area contributed by atoms with Gasteiger partial charge in [0.25, 0.3) is 0 Å². The predicted molar refractivity (Wildman–Crippen MR) is 62.9 cm³/mol. The smallest absolute Gasteiger partial charge is 0.0765 e. The Morgan fingerprint density at radius 1 is 1.20 bits per heavy atom. The van der Waals surface area contributed by atoms with Crippen molar-refractivity contribution in [1.29, 1.82) is 0 Å². The van der Waals surface area contributed by atoms with Gasteiger partial charge in [-0.3, -0.25) is 0 Å². The number of nitrogens with zero attached hydrogens (tertiary/aromatic N) is 2. The Labute approximate surface area is 90.3 Å². The van der Waals surface area contributed by atoms with E-state index in [0.29, 0.717) is 0 Å². The Hall–Kier alpha value is -1.44. The SMILES string of the molecule is CCC(C)(C)c1nncc2ccccc12. The Morgan fingerprint density at radius 3 is 2.67 bits per heavy atom. The molecule has 1 heterocycles. The molecule has 0 saturated carbocycles. The van der Waals surface area contributed by atoms with Crippen LogP contribution < -0.4 is 0 Å². The maximum atomic E-state index is 4.30. The average molecular weight is 200 g/mol. The molecule has 2 aromatic rings. The first-order valence-electron chi connectivity index (χ1n) is 5.36. The number of fused-ring (bicyclic) bond motifs is 1. The summed E-state index contributed by atoms with van der Waals surface area (Å²) in [7, 11) is 0. The van der Waals surface area contributed by atoms with Gasteiger partial charge in [-0.1, -0.05) is 45.0 Å². The van der Waals surface area contributed by atoms with Crippen LogP contribution in [0.5, 0.6) is 0 Å². The second-order valence-corrected chi connectivity index (χ2v) is 4.52. The van der Waals surface area contributed by atoms with Crippen LogP contribution in [0, 0.1) is 0 Å². The molecule has 0 amide bonds. The quantitative estimate of drug-likeness (QED) is 0.743. The highest BCUT2D eigenvalue weighted by molar-refractivity contribution is 5.84. The molecule has 0 spiro atoms. The van der Waals surface area contributed by atoms with Crippen LogP contribution in [0.4, 0.5) is 0 Å². The van der Waals surface area contributed by atoms with Gasteiger partial charge in [0, 0.05) is 16.2 Å². The van der Waals surface area contributed by atoms with Crippen molar-refractivity contribution >= 4 is 10.8 Å². The van der Waals surface area contributed by atoms with Crippen molar-refractivity contribution in [2.45, 2.75) is 32.6 Å². The van der Waals surface area contributed by atoms with E-state index in [1.807, 2.05) is 12.3 Å². The fourth-order valence-electron chi connectivity index (χ4n) is 1.70. The molecule has 0 saturated heterocycles. The van der Waals surface area contributed by atoms with Crippen LogP contribution in [0.2, 0.25) is 0 Å². The zero-order valence-electron chi connectivity index (χ0n) is 9.49. The summed E-state index contributed by atoms with van der Waals surface area (Å²) in [6.45, 7) is 6.61. The van der Waals surface area contributed by atoms with Gasteiger partial charge in [-0.15, -0.1) is 0 Å². The van der Waals surface area contributed by atoms with E-state index in [0.717, 1.165) is 12.1 Å². The van der Waals surface area contributed by atoms with Crippen molar-refractivity contribution < 1.29 is 0 Å². The van der Waals surface area contributed by atoms with Crippen LogP contribution in [0.1, 0.15) is 32.9 Å². The minimum atomic E-state index is 0.0911. The molecule has 0 atom stereocenters. The van der Waals surface area contributed by atoms with E-state index in [2.05, 4.69) is 49.2 Å². The highest BCUT2D eigenvalue weighted by Crippen LogP contribution is 2.29. The molecule has 0 aliphatic heterocycles. The van der Waals surface area contributed by atoms with Gasteiger partial charge in [0.05, 0.1) is 11.9 Å². The van der Waals surface area contributed by atoms with E-state index in [-0.39, 0.29) is 5.41 Å². The van der Waals surface area contributed by atoms with Crippen LogP contribution in [-0.2, 0) is 5.41 Å². The lowest BCUT2D eigenvalue weighted by molar-refractivity contribution is 0.489. The normalized spacial score (nSPS) is 11.9. The summed E-state index contributed by atoms with van der Waals surface area (Å²) in [5, 5.41) is 10.8. The molecule has 1 aromatic carbocycles. The standard InChI is InChI=1S/C13H16N2/c1-4-13(2,3)12-11-8-6-5-7-10(11)9-14-15-12/h5-9H,4H2,1-3H3. The van der Waals surface area contributed by atoms with E-state index in [4.69, 9.17) is 0 Å². The minimum absolute atomic E-state index is 0.0911. The van der Waals surface area contributed by atoms with Crippen LogP contribution in [0.25, 0.3) is 10.8 Å². The highest BCUT2D eigenvalue weighted by atomic mass is 15.1. The van der Waals surface area contributed by atoms with Gasteiger partial charge in [0.15, 0.2) is 0 Å². The summed E-state index contributed by atoms with van der Waals surface area (Å²) in [6, 6.07) is 8.29. The van der Waals surface area contributed by atoms with Gasteiger partial charge < -0.3 is 0 Å². The molecule has 0 N–H and O–H groups in total. The molecule has 0 fully saturated rings. The molecule has 0 aliphatic rings. The number of hydrogen-bond donors (Lipinski definition) is 0. The van der Waals surface area contributed by atoms with Crippen LogP contribution in [-0.4, -0.2) is 10.2 Å². The number of hydrogen-bond acceptors (Lipinski definition) is 2.